The standard InChI is InChI=1S/C16H13NS.C2H6/c1-2-3-11-17-14-9-6-8-13-12-7-4-5-10-15(12)18-16(13)14;1-2/h2-11H,1H3;1-2H3/b3-2-,17-11?;. The molecule has 1 aromatic heterocycles. The van der Waals surface area contributed by atoms with E-state index >= 15 is 0 Å². The van der Waals surface area contributed by atoms with Crippen LogP contribution in [-0.4, -0.2) is 6.21 Å². The highest BCUT2D eigenvalue weighted by molar-refractivity contribution is 7.26. The van der Waals surface area contributed by atoms with Crippen LogP contribution in [0.3, 0.4) is 0 Å². The molecule has 0 radical (unpaired) electrons. The monoisotopic (exact) mass is 281 g/mol. The summed E-state index contributed by atoms with van der Waals surface area (Å²) < 4.78 is 2.58. The lowest BCUT2D eigenvalue weighted by Crippen LogP contribution is -1.69. The van der Waals surface area contributed by atoms with Gasteiger partial charge in [-0.05, 0) is 25.1 Å². The van der Waals surface area contributed by atoms with E-state index in [2.05, 4.69) is 47.5 Å². The van der Waals surface area contributed by atoms with Crippen molar-refractivity contribution in [1.29, 1.82) is 0 Å². The molecule has 0 amide bonds. The van der Waals surface area contributed by atoms with E-state index in [1.807, 2.05) is 50.5 Å². The van der Waals surface area contributed by atoms with E-state index in [-0.39, 0.29) is 0 Å². The number of aliphatic imine (C=N–C) groups is 1. The highest BCUT2D eigenvalue weighted by Gasteiger charge is 2.06. The summed E-state index contributed by atoms with van der Waals surface area (Å²) in [6.45, 7) is 5.99. The second kappa shape index (κ2) is 7.01. The number of hydrogen-bond acceptors (Lipinski definition) is 2. The molecular weight excluding hydrogens is 262 g/mol. The zero-order valence-electron chi connectivity index (χ0n) is 12.1. The Morgan fingerprint density at radius 1 is 0.950 bits per heavy atom. The van der Waals surface area contributed by atoms with Crippen molar-refractivity contribution in [1.82, 2.24) is 0 Å². The quantitative estimate of drug-likeness (QED) is 0.485. The maximum Gasteiger partial charge on any atom is 0.0808 e. The normalized spacial score (nSPS) is 11.3. The molecule has 0 fully saturated rings. The minimum absolute atomic E-state index is 1.05. The lowest BCUT2D eigenvalue weighted by molar-refractivity contribution is 1.50. The lowest BCUT2D eigenvalue weighted by Gasteiger charge is -1.95. The van der Waals surface area contributed by atoms with Crippen LogP contribution in [0, 0.1) is 0 Å². The molecule has 0 saturated heterocycles. The Hall–Kier alpha value is -1.93. The van der Waals surface area contributed by atoms with Gasteiger partial charge in [0.25, 0.3) is 0 Å². The van der Waals surface area contributed by atoms with Crippen molar-refractivity contribution < 1.29 is 0 Å². The SMILES string of the molecule is C/C=C\C=Nc1cccc2c1sc1ccccc12.CC. The third kappa shape index (κ3) is 2.81. The molecule has 0 aliphatic rings. The molecule has 0 unspecified atom stereocenters. The summed E-state index contributed by atoms with van der Waals surface area (Å²) in [6, 6.07) is 14.8. The molecule has 0 aliphatic heterocycles. The largest absolute Gasteiger partial charge is 0.255 e. The Balaban J connectivity index is 0.000000704. The van der Waals surface area contributed by atoms with Crippen LogP contribution in [0.4, 0.5) is 5.69 Å². The number of allylic oxidation sites excluding steroid dienone is 2. The summed E-state index contributed by atoms with van der Waals surface area (Å²) in [5, 5.41) is 2.62. The van der Waals surface area contributed by atoms with Crippen molar-refractivity contribution >= 4 is 43.4 Å². The van der Waals surface area contributed by atoms with E-state index < -0.39 is 0 Å². The van der Waals surface area contributed by atoms with Crippen molar-refractivity contribution in [2.75, 3.05) is 0 Å². The van der Waals surface area contributed by atoms with E-state index in [1.165, 1.54) is 20.2 Å². The van der Waals surface area contributed by atoms with Crippen molar-refractivity contribution in [3.8, 4) is 0 Å². The van der Waals surface area contributed by atoms with Gasteiger partial charge in [-0.2, -0.15) is 0 Å². The van der Waals surface area contributed by atoms with E-state index in [9.17, 15) is 0 Å². The second-order valence-electron chi connectivity index (χ2n) is 4.06. The Morgan fingerprint density at radius 3 is 2.50 bits per heavy atom. The zero-order chi connectivity index (χ0) is 14.4. The van der Waals surface area contributed by atoms with Crippen LogP contribution in [0.15, 0.2) is 59.6 Å². The summed E-state index contributed by atoms with van der Waals surface area (Å²) >= 11 is 1.81. The van der Waals surface area contributed by atoms with Gasteiger partial charge in [-0.1, -0.05) is 50.3 Å². The van der Waals surface area contributed by atoms with E-state index in [4.69, 9.17) is 0 Å². The second-order valence-corrected chi connectivity index (χ2v) is 5.11. The topological polar surface area (TPSA) is 12.4 Å². The molecule has 0 saturated carbocycles. The Morgan fingerprint density at radius 2 is 1.70 bits per heavy atom. The summed E-state index contributed by atoms with van der Waals surface area (Å²) in [7, 11) is 0. The van der Waals surface area contributed by atoms with Crippen LogP contribution in [0.25, 0.3) is 20.2 Å². The maximum atomic E-state index is 4.52. The van der Waals surface area contributed by atoms with E-state index in [0.29, 0.717) is 0 Å². The van der Waals surface area contributed by atoms with Crippen LogP contribution in [-0.2, 0) is 0 Å². The highest BCUT2D eigenvalue weighted by atomic mass is 32.1. The van der Waals surface area contributed by atoms with Crippen LogP contribution in [0.5, 0.6) is 0 Å². The van der Waals surface area contributed by atoms with Crippen molar-refractivity contribution in [3.05, 3.63) is 54.6 Å². The molecule has 3 aromatic rings. The van der Waals surface area contributed by atoms with Gasteiger partial charge in [-0.25, -0.2) is 0 Å². The minimum Gasteiger partial charge on any atom is -0.255 e. The average molecular weight is 281 g/mol. The molecule has 102 valence electrons. The molecule has 20 heavy (non-hydrogen) atoms. The Labute approximate surface area is 124 Å². The Bertz CT molecular complexity index is 750. The molecule has 3 rings (SSSR count). The first-order chi connectivity index (χ1) is 9.90. The van der Waals surface area contributed by atoms with Gasteiger partial charge < -0.3 is 0 Å². The Kier molecular flexibility index (Phi) is 5.08. The molecule has 0 spiro atoms. The van der Waals surface area contributed by atoms with Gasteiger partial charge in [-0.3, -0.25) is 4.99 Å². The van der Waals surface area contributed by atoms with E-state index in [0.717, 1.165) is 5.69 Å². The predicted molar refractivity (Wildman–Crippen MR) is 93.6 cm³/mol. The first-order valence-corrected chi connectivity index (χ1v) is 7.77. The third-order valence-corrected chi connectivity index (χ3v) is 4.08. The minimum atomic E-state index is 1.05. The smallest absolute Gasteiger partial charge is 0.0808 e. The summed E-state index contributed by atoms with van der Waals surface area (Å²) in [6.07, 6.45) is 5.78. The molecule has 0 atom stereocenters. The van der Waals surface area contributed by atoms with Crippen molar-refractivity contribution in [3.63, 3.8) is 0 Å². The summed E-state index contributed by atoms with van der Waals surface area (Å²) in [5.74, 6) is 0. The molecule has 0 aliphatic carbocycles. The van der Waals surface area contributed by atoms with Crippen molar-refractivity contribution in [2.24, 2.45) is 4.99 Å². The molecule has 0 bridgehead atoms. The van der Waals surface area contributed by atoms with Crippen molar-refractivity contribution in [2.45, 2.75) is 20.8 Å². The van der Waals surface area contributed by atoms with Gasteiger partial charge in [0.2, 0.25) is 0 Å². The van der Waals surface area contributed by atoms with Gasteiger partial charge in [0, 0.05) is 21.7 Å². The molecule has 0 N–H and O–H groups in total. The zero-order valence-corrected chi connectivity index (χ0v) is 12.9. The number of benzene rings is 2. The fraction of sp³-hybridized carbons (Fsp3) is 0.167. The molecular formula is C18H19NS. The molecule has 1 heterocycles. The molecule has 1 nitrogen and oxygen atoms in total. The van der Waals surface area contributed by atoms with Crippen LogP contribution >= 0.6 is 11.3 Å². The number of fused-ring (bicyclic) bond motifs is 3. The number of rotatable bonds is 2. The lowest BCUT2D eigenvalue weighted by atomic mass is 10.1. The maximum absolute atomic E-state index is 4.52. The summed E-state index contributed by atoms with van der Waals surface area (Å²) in [5.41, 5.74) is 1.05. The van der Waals surface area contributed by atoms with Gasteiger partial charge in [0.05, 0.1) is 10.4 Å². The van der Waals surface area contributed by atoms with Gasteiger partial charge in [0.15, 0.2) is 0 Å². The number of nitrogens with zero attached hydrogens (tertiary/aromatic N) is 1. The first-order valence-electron chi connectivity index (χ1n) is 6.96. The van der Waals surface area contributed by atoms with Gasteiger partial charge in [0.1, 0.15) is 0 Å². The third-order valence-electron chi connectivity index (χ3n) is 2.88. The fourth-order valence-corrected chi connectivity index (χ4v) is 3.21. The molecule has 2 heteroatoms. The van der Waals surface area contributed by atoms with Crippen LogP contribution in [0.1, 0.15) is 20.8 Å². The molecule has 2 aromatic carbocycles. The number of hydrogen-bond donors (Lipinski definition) is 0. The number of thiophene rings is 1. The van der Waals surface area contributed by atoms with Crippen LogP contribution < -0.4 is 0 Å². The summed E-state index contributed by atoms with van der Waals surface area (Å²) in [4.78, 5) is 4.52. The average Bonchev–Trinajstić information content (AvgIpc) is 2.89. The first kappa shape index (κ1) is 14.5. The predicted octanol–water partition coefficient (Wildman–Crippen LogP) is 6.36. The fourth-order valence-electron chi connectivity index (χ4n) is 2.04. The van der Waals surface area contributed by atoms with Gasteiger partial charge >= 0.3 is 0 Å². The van der Waals surface area contributed by atoms with E-state index in [1.54, 1.807) is 0 Å². The van der Waals surface area contributed by atoms with Crippen LogP contribution in [0.2, 0.25) is 0 Å². The highest BCUT2D eigenvalue weighted by Crippen LogP contribution is 2.38. The van der Waals surface area contributed by atoms with Gasteiger partial charge in [-0.15, -0.1) is 11.3 Å².